The maximum absolute atomic E-state index is 11.8. The molecule has 0 fully saturated rings. The van der Waals surface area contributed by atoms with Crippen LogP contribution >= 0.6 is 0 Å². The van der Waals surface area contributed by atoms with E-state index in [2.05, 4.69) is 5.32 Å². The van der Waals surface area contributed by atoms with E-state index in [1.807, 2.05) is 13.8 Å². The summed E-state index contributed by atoms with van der Waals surface area (Å²) in [4.78, 5) is 9.47. The molecule has 0 aromatic heterocycles. The second-order valence-electron chi connectivity index (χ2n) is 1.31. The van der Waals surface area contributed by atoms with Crippen molar-refractivity contribution in [1.29, 1.82) is 0 Å². The van der Waals surface area contributed by atoms with Gasteiger partial charge in [-0.2, -0.15) is 0 Å². The molecule has 1 radical (unpaired) electrons. The number of nitrogens with one attached hydrogen (secondary N) is 1. The van der Waals surface area contributed by atoms with Crippen LogP contribution in [-0.4, -0.2) is 30.8 Å². The van der Waals surface area contributed by atoms with Crippen molar-refractivity contribution in [1.82, 2.24) is 5.32 Å². The Balaban J connectivity index is -0.000000196. The van der Waals surface area contributed by atoms with E-state index in [0.29, 0.717) is 6.41 Å². The van der Waals surface area contributed by atoms with E-state index in [9.17, 15) is 9.18 Å². The molecule has 0 saturated heterocycles. The van der Waals surface area contributed by atoms with Crippen molar-refractivity contribution in [3.63, 3.8) is 0 Å². The van der Waals surface area contributed by atoms with E-state index < -0.39 is 12.8 Å². The Kier molecular flexibility index (Phi) is 25.7. The van der Waals surface area contributed by atoms with Crippen molar-refractivity contribution in [3.8, 4) is 0 Å². The van der Waals surface area contributed by atoms with Gasteiger partial charge in [0.1, 0.15) is 6.17 Å². The molecule has 3 nitrogen and oxygen atoms in total. The Labute approximate surface area is 78.2 Å². The van der Waals surface area contributed by atoms with Crippen molar-refractivity contribution in [2.45, 2.75) is 20.0 Å². The number of carbonyl (C=O) groups is 1. The molecule has 0 spiro atoms. The molecule has 0 aliphatic carbocycles. The summed E-state index contributed by atoms with van der Waals surface area (Å²) in [6.45, 7) is 3.35. The molecule has 0 aliphatic heterocycles. The van der Waals surface area contributed by atoms with Crippen LogP contribution < -0.4 is 5.32 Å². The molecule has 1 unspecified atom stereocenters. The van der Waals surface area contributed by atoms with Gasteiger partial charge < -0.3 is 10.4 Å². The molecule has 0 bridgehead atoms. The summed E-state index contributed by atoms with van der Waals surface area (Å²) in [5.41, 5.74) is 0. The molecule has 1 amide bonds. The number of alkyl halides is 1. The van der Waals surface area contributed by atoms with Crippen LogP contribution in [-0.2, 0) is 23.4 Å². The number of aliphatic hydroxyl groups excluding tert-OH is 1. The molecule has 0 rings (SSSR count). The van der Waals surface area contributed by atoms with Gasteiger partial charge in [-0.1, -0.05) is 13.8 Å². The molecule has 0 saturated carbocycles. The van der Waals surface area contributed by atoms with Gasteiger partial charge in [0, 0.05) is 18.6 Å². The monoisotopic (exact) mass is 202 g/mol. The number of hydrogen-bond donors (Lipinski definition) is 2. The average molecular weight is 202 g/mol. The minimum atomic E-state index is -1.33. The average Bonchev–Trinajstić information content (AvgIpc) is 2.04. The molecular formula is C6H14FNO2V. The third kappa shape index (κ3) is 17.8. The van der Waals surface area contributed by atoms with Crippen molar-refractivity contribution < 1.29 is 32.8 Å². The molecule has 1 atom stereocenters. The first-order valence-corrected chi connectivity index (χ1v) is 3.23. The van der Waals surface area contributed by atoms with E-state index in [1.165, 1.54) is 0 Å². The Bertz CT molecular complexity index is 75.6. The Hall–Kier alpha value is -0.0556. The van der Waals surface area contributed by atoms with Gasteiger partial charge in [0.2, 0.25) is 6.41 Å². The molecule has 11 heavy (non-hydrogen) atoms. The zero-order valence-corrected chi connectivity index (χ0v) is 8.15. The summed E-state index contributed by atoms with van der Waals surface area (Å²) >= 11 is 0. The van der Waals surface area contributed by atoms with Gasteiger partial charge >= 0.3 is 0 Å². The van der Waals surface area contributed by atoms with Crippen molar-refractivity contribution >= 4 is 6.41 Å². The SMILES string of the molecule is CC.O=CNCC(F)CO.[V]. The molecular weight excluding hydrogens is 188 g/mol. The van der Waals surface area contributed by atoms with Crippen molar-refractivity contribution in [2.75, 3.05) is 13.2 Å². The molecule has 2 N–H and O–H groups in total. The molecule has 67 valence electrons. The van der Waals surface area contributed by atoms with Crippen LogP contribution in [0, 0.1) is 0 Å². The summed E-state index contributed by atoms with van der Waals surface area (Å²) in [6, 6.07) is 0. The van der Waals surface area contributed by atoms with Crippen LogP contribution in [0.4, 0.5) is 4.39 Å². The first-order valence-electron chi connectivity index (χ1n) is 3.23. The minimum absolute atomic E-state index is 0. The predicted molar refractivity (Wildman–Crippen MR) is 37.4 cm³/mol. The normalized spacial score (nSPS) is 9.82. The fourth-order valence-corrected chi connectivity index (χ4v) is 0.241. The summed E-state index contributed by atoms with van der Waals surface area (Å²) in [5.74, 6) is 0. The van der Waals surface area contributed by atoms with Gasteiger partial charge in [-0.05, 0) is 0 Å². The third-order valence-corrected chi connectivity index (χ3v) is 0.621. The van der Waals surface area contributed by atoms with Crippen LogP contribution in [0.5, 0.6) is 0 Å². The van der Waals surface area contributed by atoms with Crippen LogP contribution in [0.3, 0.4) is 0 Å². The quantitative estimate of drug-likeness (QED) is 0.634. The van der Waals surface area contributed by atoms with E-state index >= 15 is 0 Å². The van der Waals surface area contributed by atoms with Crippen LogP contribution in [0.1, 0.15) is 13.8 Å². The molecule has 0 aromatic carbocycles. The molecule has 0 aliphatic rings. The maximum Gasteiger partial charge on any atom is 0.207 e. The fraction of sp³-hybridized carbons (Fsp3) is 0.833. The number of amides is 1. The second kappa shape index (κ2) is 16.5. The van der Waals surface area contributed by atoms with Gasteiger partial charge in [0.15, 0.2) is 0 Å². The van der Waals surface area contributed by atoms with E-state index in [4.69, 9.17) is 5.11 Å². The zero-order valence-electron chi connectivity index (χ0n) is 6.75. The van der Waals surface area contributed by atoms with Gasteiger partial charge in [0.05, 0.1) is 13.2 Å². The van der Waals surface area contributed by atoms with E-state index in [1.54, 1.807) is 0 Å². The zero-order chi connectivity index (χ0) is 8.41. The third-order valence-electron chi connectivity index (χ3n) is 0.621. The summed E-state index contributed by atoms with van der Waals surface area (Å²) in [5, 5.41) is 10.1. The first kappa shape index (κ1) is 17.1. The van der Waals surface area contributed by atoms with Gasteiger partial charge in [0.25, 0.3) is 0 Å². The summed E-state index contributed by atoms with van der Waals surface area (Å²) in [7, 11) is 0. The summed E-state index contributed by atoms with van der Waals surface area (Å²) < 4.78 is 11.8. The van der Waals surface area contributed by atoms with Crippen LogP contribution in [0.15, 0.2) is 0 Å². The number of halogens is 1. The number of carbonyl (C=O) groups excluding carboxylic acids is 1. The predicted octanol–water partition coefficient (Wildman–Crippen LogP) is 0.0865. The van der Waals surface area contributed by atoms with Crippen LogP contribution in [0.2, 0.25) is 0 Å². The standard InChI is InChI=1S/C4H8FNO2.C2H6.V/c5-4(2-7)1-6-3-8;1-2;/h3-4,7H,1-2H2,(H,6,8);1-2H3;. The van der Waals surface area contributed by atoms with Crippen molar-refractivity contribution in [2.24, 2.45) is 0 Å². The Morgan fingerprint density at radius 1 is 1.64 bits per heavy atom. The van der Waals surface area contributed by atoms with Gasteiger partial charge in [-0.15, -0.1) is 0 Å². The maximum atomic E-state index is 11.8. The molecule has 0 aromatic rings. The second-order valence-corrected chi connectivity index (χ2v) is 1.31. The topological polar surface area (TPSA) is 49.3 Å². The Morgan fingerprint density at radius 3 is 2.36 bits per heavy atom. The smallest absolute Gasteiger partial charge is 0.207 e. The first-order chi connectivity index (χ1) is 4.81. The molecule has 5 heteroatoms. The number of hydrogen-bond acceptors (Lipinski definition) is 2. The number of rotatable bonds is 4. The fourth-order valence-electron chi connectivity index (χ4n) is 0.241. The number of aliphatic hydroxyl groups is 1. The molecule has 0 heterocycles. The Morgan fingerprint density at radius 2 is 2.09 bits per heavy atom. The van der Waals surface area contributed by atoms with Crippen molar-refractivity contribution in [3.05, 3.63) is 0 Å². The van der Waals surface area contributed by atoms with E-state index in [0.717, 1.165) is 0 Å². The van der Waals surface area contributed by atoms with Crippen LogP contribution in [0.25, 0.3) is 0 Å². The van der Waals surface area contributed by atoms with E-state index in [-0.39, 0.29) is 25.1 Å². The van der Waals surface area contributed by atoms with Gasteiger partial charge in [-0.3, -0.25) is 4.79 Å². The van der Waals surface area contributed by atoms with Gasteiger partial charge in [-0.25, -0.2) is 4.39 Å². The summed E-state index contributed by atoms with van der Waals surface area (Å²) in [6.07, 6.45) is -0.942. The minimum Gasteiger partial charge on any atom is -0.393 e. The largest absolute Gasteiger partial charge is 0.393 e.